The molecular weight excluding hydrogens is 690 g/mol. The number of nitrogens with zero attached hydrogens (tertiary/aromatic N) is 7. The molecule has 1 N–H and O–H groups in total. The molecule has 3 aliphatic carbocycles. The molecule has 4 fully saturated rings. The third-order valence-corrected chi connectivity index (χ3v) is 12.7. The zero-order valence-corrected chi connectivity index (χ0v) is 28.1. The first-order valence-corrected chi connectivity index (χ1v) is 18.5. The molecule has 3 saturated carbocycles. The van der Waals surface area contributed by atoms with Crippen molar-refractivity contribution in [2.75, 3.05) is 0 Å². The van der Waals surface area contributed by atoms with Crippen molar-refractivity contribution in [1.82, 2.24) is 34.5 Å². The summed E-state index contributed by atoms with van der Waals surface area (Å²) < 4.78 is 63.1. The molecule has 15 nitrogen and oxygen atoms in total. The predicted octanol–water partition coefficient (Wildman–Crippen LogP) is 4.90. The van der Waals surface area contributed by atoms with E-state index in [1.54, 1.807) is 18.5 Å². The Morgan fingerprint density at radius 2 is 1.84 bits per heavy atom. The first kappa shape index (κ1) is 33.3. The monoisotopic (exact) mass is 724 g/mol. The van der Waals surface area contributed by atoms with Crippen molar-refractivity contribution in [3.63, 3.8) is 0 Å². The first-order valence-electron chi connectivity index (χ1n) is 17.0. The number of alkyl halides is 2. The molecule has 1 saturated heterocycles. The Balaban J connectivity index is 1.06. The SMILES string of the molecule is O=C(N[C@H](c1cn2ncc(CC34CCCC(C3)N(S(=O)(=O)c3ccc([N+](=O)[O-])cc3)C4=O)cc2n1)C1CCC(F)(F)CC1)c1nonc1C1CC1. The Hall–Kier alpha value is -4.87. The largest absolute Gasteiger partial charge is 0.342 e. The summed E-state index contributed by atoms with van der Waals surface area (Å²) in [5, 5.41) is 26.3. The molecule has 0 spiro atoms. The topological polar surface area (TPSA) is 196 Å². The molecule has 3 aromatic heterocycles. The lowest BCUT2D eigenvalue weighted by atomic mass is 9.72. The van der Waals surface area contributed by atoms with Crippen LogP contribution in [0.25, 0.3) is 5.65 Å². The van der Waals surface area contributed by atoms with Crippen molar-refractivity contribution in [2.24, 2.45) is 11.3 Å². The van der Waals surface area contributed by atoms with Gasteiger partial charge < -0.3 is 5.32 Å². The highest BCUT2D eigenvalue weighted by Crippen LogP contribution is 2.50. The Kier molecular flexibility index (Phi) is 7.91. The predicted molar refractivity (Wildman–Crippen MR) is 172 cm³/mol. The van der Waals surface area contributed by atoms with E-state index in [1.807, 2.05) is 0 Å². The molecule has 2 bridgehead atoms. The summed E-state index contributed by atoms with van der Waals surface area (Å²) >= 11 is 0. The van der Waals surface area contributed by atoms with Crippen LogP contribution in [0, 0.1) is 21.4 Å². The number of carbonyl (C=O) groups excluding carboxylic acids is 2. The van der Waals surface area contributed by atoms with Crippen molar-refractivity contribution < 1.29 is 36.3 Å². The van der Waals surface area contributed by atoms with Crippen LogP contribution in [0.5, 0.6) is 0 Å². The second-order valence-electron chi connectivity index (χ2n) is 14.3. The van der Waals surface area contributed by atoms with Gasteiger partial charge in [-0.1, -0.05) is 11.6 Å². The van der Waals surface area contributed by atoms with Crippen LogP contribution in [0.15, 0.2) is 52.3 Å². The molecule has 1 aromatic carbocycles. The fourth-order valence-electron chi connectivity index (χ4n) is 8.11. The van der Waals surface area contributed by atoms with E-state index in [2.05, 4.69) is 20.7 Å². The van der Waals surface area contributed by atoms with Crippen molar-refractivity contribution in [3.05, 3.63) is 75.5 Å². The quantitative estimate of drug-likeness (QED) is 0.173. The van der Waals surface area contributed by atoms with Crippen molar-refractivity contribution in [2.45, 2.75) is 99.4 Å². The molecular formula is C33H34F2N8O7S. The lowest BCUT2D eigenvalue weighted by Crippen LogP contribution is -2.40. The van der Waals surface area contributed by atoms with Crippen molar-refractivity contribution in [1.29, 1.82) is 0 Å². The molecule has 4 heterocycles. The number of hydrogen-bond acceptors (Lipinski definition) is 11. The highest BCUT2D eigenvalue weighted by Gasteiger charge is 2.57. The normalized spacial score (nSPS) is 24.2. The van der Waals surface area contributed by atoms with E-state index in [-0.39, 0.29) is 60.2 Å². The summed E-state index contributed by atoms with van der Waals surface area (Å²) in [5.41, 5.74) is 0.794. The van der Waals surface area contributed by atoms with Gasteiger partial charge in [-0.15, -0.1) is 0 Å². The Morgan fingerprint density at radius 3 is 2.55 bits per heavy atom. The van der Waals surface area contributed by atoms with Gasteiger partial charge in [0.2, 0.25) is 11.8 Å². The molecule has 2 unspecified atom stereocenters. The molecule has 3 atom stereocenters. The molecule has 51 heavy (non-hydrogen) atoms. The van der Waals surface area contributed by atoms with Gasteiger partial charge in [0.05, 0.1) is 39.4 Å². The fourth-order valence-corrected chi connectivity index (χ4v) is 9.80. The van der Waals surface area contributed by atoms with Crippen LogP contribution >= 0.6 is 0 Å². The van der Waals surface area contributed by atoms with E-state index in [9.17, 15) is 36.9 Å². The number of benzene rings is 1. The average molecular weight is 725 g/mol. The van der Waals surface area contributed by atoms with Crippen LogP contribution in [-0.2, 0) is 21.2 Å². The number of halogens is 2. The van der Waals surface area contributed by atoms with Crippen LogP contribution in [0.3, 0.4) is 0 Å². The van der Waals surface area contributed by atoms with Crippen molar-refractivity contribution >= 4 is 33.2 Å². The number of rotatable bonds is 10. The average Bonchev–Trinajstić information content (AvgIpc) is 3.59. The van der Waals surface area contributed by atoms with Gasteiger partial charge in [0.15, 0.2) is 11.3 Å². The fraction of sp³-hybridized carbons (Fsp3) is 0.515. The number of non-ortho nitro benzene ring substituents is 1. The molecule has 0 radical (unpaired) electrons. The number of carbonyl (C=O) groups is 2. The van der Waals surface area contributed by atoms with Gasteiger partial charge in [0.1, 0.15) is 5.69 Å². The van der Waals surface area contributed by atoms with E-state index in [0.717, 1.165) is 41.4 Å². The molecule has 8 rings (SSSR count). The molecule has 4 aromatic rings. The molecule has 268 valence electrons. The van der Waals surface area contributed by atoms with Gasteiger partial charge in [-0.3, -0.25) is 19.7 Å². The number of amides is 2. The zero-order valence-electron chi connectivity index (χ0n) is 27.3. The lowest BCUT2D eigenvalue weighted by Gasteiger charge is -2.33. The minimum atomic E-state index is -4.27. The van der Waals surface area contributed by atoms with Gasteiger partial charge in [-0.2, -0.15) is 5.10 Å². The second kappa shape index (κ2) is 12.1. The van der Waals surface area contributed by atoms with Gasteiger partial charge in [0.25, 0.3) is 21.6 Å². The summed E-state index contributed by atoms with van der Waals surface area (Å²) in [6.45, 7) is 0. The minimum absolute atomic E-state index is 0.0729. The van der Waals surface area contributed by atoms with Crippen LogP contribution in [-0.4, -0.2) is 66.3 Å². The van der Waals surface area contributed by atoms with Gasteiger partial charge in [-0.25, -0.2) is 35.6 Å². The van der Waals surface area contributed by atoms with Gasteiger partial charge in [-0.05, 0) is 86.2 Å². The van der Waals surface area contributed by atoms with Crippen LogP contribution < -0.4 is 5.32 Å². The summed E-state index contributed by atoms with van der Waals surface area (Å²) in [6, 6.07) is 4.98. The third kappa shape index (κ3) is 6.02. The molecule has 4 aliphatic rings. The summed E-state index contributed by atoms with van der Waals surface area (Å²) in [4.78, 5) is 42.6. The second-order valence-corrected chi connectivity index (χ2v) is 16.1. The maximum absolute atomic E-state index is 14.2. The van der Waals surface area contributed by atoms with Gasteiger partial charge in [0, 0.05) is 36.9 Å². The standard InChI is InChI=1S/C33H34F2N8O7S/c34-33(35)12-9-21(10-13-33)27(38-30(44)29-28(20-3-4-20)39-50-40-29)25-18-41-26(37-25)14-19(17-36-41)15-32-11-1-2-23(16-32)42(31(32)45)51(48,49)24-7-5-22(6-8-24)43(46)47/h5-8,14,17-18,20-21,23,27H,1-4,9-13,15-16H2,(H,38,44)/t23?,27-,32?/m0/s1. The zero-order chi connectivity index (χ0) is 35.7. The summed E-state index contributed by atoms with van der Waals surface area (Å²) in [5.74, 6) is -4.05. The molecule has 18 heteroatoms. The highest BCUT2D eigenvalue weighted by molar-refractivity contribution is 7.89. The van der Waals surface area contributed by atoms with E-state index >= 15 is 0 Å². The van der Waals surface area contributed by atoms with Gasteiger partial charge >= 0.3 is 0 Å². The highest BCUT2D eigenvalue weighted by atomic mass is 32.2. The number of sulfonamides is 1. The van der Waals surface area contributed by atoms with Crippen LogP contribution in [0.1, 0.15) is 104 Å². The Bertz CT molecular complexity index is 2140. The number of nitro groups is 1. The number of aromatic nitrogens is 5. The van der Waals surface area contributed by atoms with E-state index in [1.165, 1.54) is 4.52 Å². The number of hydrogen-bond donors (Lipinski definition) is 1. The smallest absolute Gasteiger partial charge is 0.276 e. The number of imidazole rings is 1. The van der Waals surface area contributed by atoms with Crippen molar-refractivity contribution in [3.8, 4) is 0 Å². The van der Waals surface area contributed by atoms with E-state index in [0.29, 0.717) is 48.3 Å². The Labute approximate surface area is 289 Å². The number of nitro benzene ring substituents is 1. The molecule has 1 aliphatic heterocycles. The summed E-state index contributed by atoms with van der Waals surface area (Å²) in [6.07, 6.45) is 6.84. The minimum Gasteiger partial charge on any atom is -0.342 e. The Morgan fingerprint density at radius 1 is 1.10 bits per heavy atom. The maximum atomic E-state index is 14.2. The lowest BCUT2D eigenvalue weighted by molar-refractivity contribution is -0.384. The first-order chi connectivity index (χ1) is 24.3. The number of nitrogens with one attached hydrogen (secondary N) is 1. The van der Waals surface area contributed by atoms with E-state index in [4.69, 9.17) is 9.61 Å². The third-order valence-electron chi connectivity index (χ3n) is 10.9. The van der Waals surface area contributed by atoms with Crippen LogP contribution in [0.2, 0.25) is 0 Å². The number of fused-ring (bicyclic) bond motifs is 3. The van der Waals surface area contributed by atoms with E-state index < -0.39 is 50.2 Å². The molecule has 2 amide bonds. The summed E-state index contributed by atoms with van der Waals surface area (Å²) in [7, 11) is -4.27. The van der Waals surface area contributed by atoms with Crippen LogP contribution in [0.4, 0.5) is 14.5 Å². The maximum Gasteiger partial charge on any atom is 0.276 e.